The zero-order valence-electron chi connectivity index (χ0n) is 30.6. The number of unbranched alkanes of at least 4 members (excludes halogenated alkanes) is 17. The van der Waals surface area contributed by atoms with Gasteiger partial charge in [-0.3, -0.25) is 0 Å². The SMILES string of the molecule is CC(C)[NH2+]C(C)C.CC(C)[NH2+]C(C)C.CCCCCCCCCCCCCCCCCCCCc1ccc(B([O-])[O-])cc1. The van der Waals surface area contributed by atoms with Crippen LogP contribution in [0.25, 0.3) is 0 Å². The molecular weight excluding hydrogens is 527 g/mol. The van der Waals surface area contributed by atoms with Crippen molar-refractivity contribution in [2.45, 2.75) is 208 Å². The summed E-state index contributed by atoms with van der Waals surface area (Å²) >= 11 is 0. The fourth-order valence-electron chi connectivity index (χ4n) is 5.61. The predicted molar refractivity (Wildman–Crippen MR) is 189 cm³/mol. The highest BCUT2D eigenvalue weighted by Crippen LogP contribution is 2.15. The van der Waals surface area contributed by atoms with Crippen molar-refractivity contribution >= 4 is 12.6 Å². The Kier molecular flexibility index (Phi) is 33.5. The van der Waals surface area contributed by atoms with Gasteiger partial charge in [-0.2, -0.15) is 0 Å². The van der Waals surface area contributed by atoms with E-state index in [9.17, 15) is 10.0 Å². The molecule has 0 saturated heterocycles. The smallest absolute Gasteiger partial charge is 0.0803 e. The lowest BCUT2D eigenvalue weighted by Crippen LogP contribution is -2.92. The van der Waals surface area contributed by atoms with E-state index < -0.39 is 7.12 Å². The summed E-state index contributed by atoms with van der Waals surface area (Å²) in [5.74, 6) is 0. The van der Waals surface area contributed by atoms with Crippen LogP contribution in [0.4, 0.5) is 0 Å². The van der Waals surface area contributed by atoms with Crippen molar-refractivity contribution in [3.05, 3.63) is 29.8 Å². The fourth-order valence-corrected chi connectivity index (χ4v) is 5.61. The lowest BCUT2D eigenvalue weighted by atomic mass is 9.80. The highest BCUT2D eigenvalue weighted by Gasteiger charge is 1.99. The van der Waals surface area contributed by atoms with Gasteiger partial charge in [0.2, 0.25) is 0 Å². The Balaban J connectivity index is 0. The Morgan fingerprint density at radius 1 is 0.465 bits per heavy atom. The Hall–Kier alpha value is -0.875. The zero-order chi connectivity index (χ0) is 32.7. The minimum Gasteiger partial charge on any atom is -0.889 e. The first-order valence-electron chi connectivity index (χ1n) is 18.6. The molecule has 1 rings (SSSR count). The second-order valence-corrected chi connectivity index (χ2v) is 14.2. The minimum atomic E-state index is -1.85. The van der Waals surface area contributed by atoms with Crippen LogP contribution in [-0.2, 0) is 6.42 Å². The van der Waals surface area contributed by atoms with Crippen LogP contribution < -0.4 is 26.1 Å². The highest BCUT2D eigenvalue weighted by atomic mass is 16.4. The van der Waals surface area contributed by atoms with Gasteiger partial charge >= 0.3 is 0 Å². The van der Waals surface area contributed by atoms with Gasteiger partial charge in [0, 0.05) is 0 Å². The monoisotopic (exact) mass is 605 g/mol. The Morgan fingerprint density at radius 2 is 0.744 bits per heavy atom. The molecule has 0 aliphatic heterocycles. The van der Waals surface area contributed by atoms with Gasteiger partial charge in [-0.25, -0.2) is 0 Å². The lowest BCUT2D eigenvalue weighted by molar-refractivity contribution is -0.709. The maximum atomic E-state index is 10.8. The third-order valence-electron chi connectivity index (χ3n) is 7.61. The van der Waals surface area contributed by atoms with Crippen molar-refractivity contribution in [3.63, 3.8) is 0 Å². The van der Waals surface area contributed by atoms with Crippen LogP contribution in [0.1, 0.15) is 183 Å². The first kappa shape index (κ1) is 44.3. The normalized spacial score (nSPS) is 11.1. The first-order chi connectivity index (χ1) is 20.5. The van der Waals surface area contributed by atoms with Gasteiger partial charge in [0.1, 0.15) is 0 Å². The van der Waals surface area contributed by atoms with Gasteiger partial charge in [0.25, 0.3) is 0 Å². The number of aryl methyl sites for hydroxylation is 1. The molecular formula is C38H77BN2O2. The molecule has 0 atom stereocenters. The number of benzene rings is 1. The maximum Gasteiger partial charge on any atom is 0.0803 e. The molecule has 43 heavy (non-hydrogen) atoms. The Morgan fingerprint density at radius 3 is 0.977 bits per heavy atom. The summed E-state index contributed by atoms with van der Waals surface area (Å²) in [5.41, 5.74) is 1.59. The summed E-state index contributed by atoms with van der Waals surface area (Å²) < 4.78 is 0. The number of quaternary nitrogens is 2. The quantitative estimate of drug-likeness (QED) is 0.106. The minimum absolute atomic E-state index is 0.353. The molecule has 254 valence electrons. The largest absolute Gasteiger partial charge is 0.889 e. The molecule has 0 bridgehead atoms. The summed E-state index contributed by atoms with van der Waals surface area (Å²) in [5, 5.41) is 26.3. The number of hydrogen-bond donors (Lipinski definition) is 2. The molecule has 0 saturated carbocycles. The van der Waals surface area contributed by atoms with Crippen molar-refractivity contribution in [3.8, 4) is 0 Å². The molecule has 0 aromatic heterocycles. The molecule has 4 nitrogen and oxygen atoms in total. The molecule has 0 radical (unpaired) electrons. The van der Waals surface area contributed by atoms with Crippen LogP contribution in [-0.4, -0.2) is 31.3 Å². The van der Waals surface area contributed by atoms with E-state index in [0.717, 1.165) is 30.6 Å². The summed E-state index contributed by atoms with van der Waals surface area (Å²) in [6, 6.07) is 10.3. The van der Waals surface area contributed by atoms with Crippen LogP contribution in [0.5, 0.6) is 0 Å². The molecule has 0 amide bonds. The van der Waals surface area contributed by atoms with Gasteiger partial charge in [-0.15, -0.1) is 5.46 Å². The van der Waals surface area contributed by atoms with E-state index in [2.05, 4.69) is 72.9 Å². The summed E-state index contributed by atoms with van der Waals surface area (Å²) in [6.45, 7) is 20.0. The van der Waals surface area contributed by atoms with E-state index in [0.29, 0.717) is 5.46 Å². The topological polar surface area (TPSA) is 79.3 Å². The second kappa shape index (κ2) is 32.5. The van der Waals surface area contributed by atoms with Crippen LogP contribution in [0, 0.1) is 0 Å². The van der Waals surface area contributed by atoms with Crippen molar-refractivity contribution in [2.24, 2.45) is 0 Å². The molecule has 0 aliphatic rings. The van der Waals surface area contributed by atoms with Gasteiger partial charge < -0.3 is 20.7 Å². The molecule has 0 spiro atoms. The summed E-state index contributed by atoms with van der Waals surface area (Å²) in [4.78, 5) is 0. The number of nitrogens with two attached hydrogens (primary N) is 2. The first-order valence-corrected chi connectivity index (χ1v) is 18.6. The molecule has 1 aromatic rings. The Bertz CT molecular complexity index is 636. The maximum absolute atomic E-state index is 10.8. The molecule has 0 heterocycles. The zero-order valence-corrected chi connectivity index (χ0v) is 30.6. The average molecular weight is 605 g/mol. The molecule has 4 N–H and O–H groups in total. The van der Waals surface area contributed by atoms with E-state index in [4.69, 9.17) is 0 Å². The second-order valence-electron chi connectivity index (χ2n) is 14.2. The molecule has 5 heteroatoms. The number of rotatable bonds is 24. The third-order valence-corrected chi connectivity index (χ3v) is 7.61. The van der Waals surface area contributed by atoms with Crippen LogP contribution >= 0.6 is 0 Å². The van der Waals surface area contributed by atoms with Crippen molar-refractivity contribution in [1.82, 2.24) is 0 Å². The lowest BCUT2D eigenvalue weighted by Gasteiger charge is -2.26. The highest BCUT2D eigenvalue weighted by molar-refractivity contribution is 6.55. The van der Waals surface area contributed by atoms with Crippen molar-refractivity contribution in [1.29, 1.82) is 0 Å². The Labute approximate surface area is 271 Å². The number of hydrogen-bond acceptors (Lipinski definition) is 2. The van der Waals surface area contributed by atoms with E-state index in [1.165, 1.54) is 121 Å². The van der Waals surface area contributed by atoms with E-state index in [1.807, 2.05) is 12.1 Å². The van der Waals surface area contributed by atoms with Crippen LogP contribution in [0.3, 0.4) is 0 Å². The van der Waals surface area contributed by atoms with E-state index >= 15 is 0 Å². The standard InChI is InChI=1S/C26H45BO2.2C6H15N/c1-2-3-4-5-6-7-8-9-10-11-12-13-14-15-16-17-18-19-20-25-21-23-26(24-22-25)27(28)29;2*1-5(2)7-6(3)4/h21-24H,2-20H2,1H3;2*5-7H,1-4H3/q-2;;/p+2. The van der Waals surface area contributed by atoms with Crippen LogP contribution in [0.15, 0.2) is 24.3 Å². The summed E-state index contributed by atoms with van der Waals surface area (Å²) in [7, 11) is -1.85. The summed E-state index contributed by atoms with van der Waals surface area (Å²) in [6.07, 6.45) is 26.3. The van der Waals surface area contributed by atoms with E-state index in [1.54, 1.807) is 12.1 Å². The average Bonchev–Trinajstić information content (AvgIpc) is 2.92. The van der Waals surface area contributed by atoms with E-state index in [-0.39, 0.29) is 0 Å². The fraction of sp³-hybridized carbons (Fsp3) is 0.842. The predicted octanol–water partition coefficient (Wildman–Crippen LogP) is 6.42. The molecule has 0 unspecified atom stereocenters. The third kappa shape index (κ3) is 37.2. The molecule has 0 fully saturated rings. The van der Waals surface area contributed by atoms with Crippen molar-refractivity contribution in [2.75, 3.05) is 0 Å². The van der Waals surface area contributed by atoms with Crippen molar-refractivity contribution < 1.29 is 20.7 Å². The molecule has 1 aromatic carbocycles. The van der Waals surface area contributed by atoms with Gasteiger partial charge in [0.05, 0.1) is 24.2 Å². The molecule has 0 aliphatic carbocycles. The van der Waals surface area contributed by atoms with Gasteiger partial charge in [0.15, 0.2) is 0 Å². The van der Waals surface area contributed by atoms with Gasteiger partial charge in [-0.1, -0.05) is 147 Å². The van der Waals surface area contributed by atoms with Gasteiger partial charge in [-0.05, 0) is 73.8 Å². The van der Waals surface area contributed by atoms with Crippen LogP contribution in [0.2, 0.25) is 0 Å².